The van der Waals surface area contributed by atoms with Gasteiger partial charge in [0.15, 0.2) is 23.4 Å². The van der Waals surface area contributed by atoms with Crippen molar-refractivity contribution in [2.75, 3.05) is 11.6 Å². The number of nitrogens with one attached hydrogen (secondary N) is 1. The number of benzene rings is 4. The first-order valence-corrected chi connectivity index (χ1v) is 13.8. The van der Waals surface area contributed by atoms with E-state index in [1.807, 2.05) is 30.5 Å². The molecule has 1 aromatic heterocycles. The van der Waals surface area contributed by atoms with Crippen molar-refractivity contribution in [2.45, 2.75) is 11.4 Å². The van der Waals surface area contributed by atoms with Crippen molar-refractivity contribution in [1.82, 2.24) is 15.2 Å². The summed E-state index contributed by atoms with van der Waals surface area (Å²) in [6, 6.07) is 29.6. The normalized spacial score (nSPS) is 13.4. The summed E-state index contributed by atoms with van der Waals surface area (Å²) in [6.45, 7) is 0. The van der Waals surface area contributed by atoms with E-state index in [1.54, 1.807) is 78.9 Å². The van der Waals surface area contributed by atoms with Crippen molar-refractivity contribution in [3.63, 3.8) is 0 Å². The van der Waals surface area contributed by atoms with Gasteiger partial charge in [-0.1, -0.05) is 66.4 Å². The third-order valence-corrected chi connectivity index (χ3v) is 6.75. The van der Waals surface area contributed by atoms with E-state index in [9.17, 15) is 9.59 Å². The lowest BCUT2D eigenvalue weighted by Gasteiger charge is -2.21. The standard InChI is InChI=1S/C31H22N4O5S/c1-41-31-33-28-26(34-35-31)22-14-8-9-15-23(22)32-27(40-28)21-16-17-24(38-29(36)19-10-4-2-5-11-19)25(18-21)39-30(37)20-12-6-3-7-13-20/h2-18,27,32H,1H3/t27-/m0/s1. The summed E-state index contributed by atoms with van der Waals surface area (Å²) in [6.07, 6.45) is 1.10. The highest BCUT2D eigenvalue weighted by atomic mass is 32.2. The molecule has 0 bridgehead atoms. The molecule has 1 aliphatic heterocycles. The number of thioether (sulfide) groups is 1. The van der Waals surface area contributed by atoms with Crippen LogP contribution in [0.3, 0.4) is 0 Å². The van der Waals surface area contributed by atoms with Crippen LogP contribution in [0.4, 0.5) is 5.69 Å². The number of carbonyl (C=O) groups excluding carboxylic acids is 2. The van der Waals surface area contributed by atoms with Crippen molar-refractivity contribution < 1.29 is 23.8 Å². The summed E-state index contributed by atoms with van der Waals surface area (Å²) in [5, 5.41) is 12.4. The second kappa shape index (κ2) is 11.5. The quantitative estimate of drug-likeness (QED) is 0.146. The number of carbonyl (C=O) groups is 2. The predicted octanol–water partition coefficient (Wildman–Crippen LogP) is 6.20. The summed E-state index contributed by atoms with van der Waals surface area (Å²) in [7, 11) is 0. The number of hydrogen-bond acceptors (Lipinski definition) is 10. The van der Waals surface area contributed by atoms with Crippen molar-refractivity contribution in [3.05, 3.63) is 120 Å². The van der Waals surface area contributed by atoms with E-state index in [1.165, 1.54) is 11.8 Å². The Bertz CT molecular complexity index is 1730. The highest BCUT2D eigenvalue weighted by molar-refractivity contribution is 7.98. The van der Waals surface area contributed by atoms with Gasteiger partial charge in [0.25, 0.3) is 0 Å². The molecule has 0 saturated carbocycles. The molecule has 1 atom stereocenters. The summed E-state index contributed by atoms with van der Waals surface area (Å²) in [5.41, 5.74) is 3.33. The van der Waals surface area contributed by atoms with Crippen LogP contribution in [0.15, 0.2) is 108 Å². The minimum absolute atomic E-state index is 0.0504. The number of nitrogens with zero attached hydrogens (tertiary/aromatic N) is 3. The molecule has 5 aromatic rings. The van der Waals surface area contributed by atoms with Crippen LogP contribution in [-0.2, 0) is 0 Å². The molecule has 6 rings (SSSR count). The van der Waals surface area contributed by atoms with Gasteiger partial charge in [-0.15, -0.1) is 10.2 Å². The summed E-state index contributed by atoms with van der Waals surface area (Å²) < 4.78 is 17.7. The van der Waals surface area contributed by atoms with Crippen LogP contribution >= 0.6 is 11.8 Å². The molecule has 0 amide bonds. The number of esters is 2. The smallest absolute Gasteiger partial charge is 0.343 e. The minimum Gasteiger partial charge on any atom is -0.448 e. The van der Waals surface area contributed by atoms with E-state index in [2.05, 4.69) is 20.5 Å². The van der Waals surface area contributed by atoms with Crippen molar-refractivity contribution in [3.8, 4) is 28.6 Å². The molecule has 4 aromatic carbocycles. The topological polar surface area (TPSA) is 113 Å². The van der Waals surface area contributed by atoms with Crippen molar-refractivity contribution in [2.24, 2.45) is 0 Å². The van der Waals surface area contributed by atoms with Crippen LogP contribution in [0.1, 0.15) is 32.5 Å². The maximum atomic E-state index is 13.0. The Morgan fingerprint density at radius 1 is 0.780 bits per heavy atom. The van der Waals surface area contributed by atoms with Gasteiger partial charge < -0.3 is 19.5 Å². The number of anilines is 1. The molecule has 202 valence electrons. The fraction of sp³-hybridized carbons (Fsp3) is 0.0645. The van der Waals surface area contributed by atoms with Crippen LogP contribution in [0.25, 0.3) is 11.3 Å². The number of ether oxygens (including phenoxy) is 3. The Labute approximate surface area is 239 Å². The molecule has 0 radical (unpaired) electrons. The fourth-order valence-corrected chi connectivity index (χ4v) is 4.50. The maximum absolute atomic E-state index is 13.0. The predicted molar refractivity (Wildman–Crippen MR) is 153 cm³/mol. The number of para-hydroxylation sites is 1. The molecule has 0 unspecified atom stereocenters. The molecule has 1 N–H and O–H groups in total. The number of hydrogen-bond donors (Lipinski definition) is 1. The maximum Gasteiger partial charge on any atom is 0.343 e. The van der Waals surface area contributed by atoms with Gasteiger partial charge in [-0.05, 0) is 54.8 Å². The van der Waals surface area contributed by atoms with Gasteiger partial charge in [0, 0.05) is 16.8 Å². The Hall–Kier alpha value is -5.22. The van der Waals surface area contributed by atoms with Crippen molar-refractivity contribution >= 4 is 29.4 Å². The van der Waals surface area contributed by atoms with E-state index >= 15 is 0 Å². The second-order valence-corrected chi connectivity index (χ2v) is 9.63. The SMILES string of the molecule is CSc1nnc2c(n1)O[C@@H](c1ccc(OC(=O)c3ccccc3)c(OC(=O)c3ccccc3)c1)Nc1ccccc1-2. The zero-order valence-corrected chi connectivity index (χ0v) is 22.5. The molecule has 0 aliphatic carbocycles. The molecule has 9 nitrogen and oxygen atoms in total. The third-order valence-electron chi connectivity index (χ3n) is 6.21. The van der Waals surface area contributed by atoms with Gasteiger partial charge >= 0.3 is 11.9 Å². The molecular formula is C31H22N4O5S. The Kier molecular flexibility index (Phi) is 7.29. The van der Waals surface area contributed by atoms with Crippen LogP contribution < -0.4 is 19.5 Å². The second-order valence-electron chi connectivity index (χ2n) is 8.86. The Morgan fingerprint density at radius 3 is 2.10 bits per heavy atom. The highest BCUT2D eigenvalue weighted by Gasteiger charge is 2.27. The lowest BCUT2D eigenvalue weighted by Crippen LogP contribution is -2.18. The minimum atomic E-state index is -0.753. The van der Waals surface area contributed by atoms with Crippen LogP contribution in [0, 0.1) is 0 Å². The van der Waals surface area contributed by atoms with Gasteiger partial charge in [-0.25, -0.2) is 9.59 Å². The zero-order chi connectivity index (χ0) is 28.2. The number of aromatic nitrogens is 3. The van der Waals surface area contributed by atoms with E-state index < -0.39 is 18.2 Å². The molecule has 41 heavy (non-hydrogen) atoms. The summed E-state index contributed by atoms with van der Waals surface area (Å²) >= 11 is 1.35. The van der Waals surface area contributed by atoms with Crippen LogP contribution in [0.2, 0.25) is 0 Å². The van der Waals surface area contributed by atoms with Crippen LogP contribution in [0.5, 0.6) is 17.4 Å². The largest absolute Gasteiger partial charge is 0.448 e. The molecular weight excluding hydrogens is 540 g/mol. The molecule has 0 fully saturated rings. The molecule has 10 heteroatoms. The van der Waals surface area contributed by atoms with Gasteiger partial charge in [0.1, 0.15) is 0 Å². The van der Waals surface area contributed by atoms with Gasteiger partial charge in [-0.3, -0.25) is 0 Å². The lowest BCUT2D eigenvalue weighted by atomic mass is 10.1. The molecule has 1 aliphatic rings. The average Bonchev–Trinajstić information content (AvgIpc) is 3.19. The Balaban J connectivity index is 1.39. The number of fused-ring (bicyclic) bond motifs is 3. The molecule has 0 spiro atoms. The first-order valence-electron chi connectivity index (χ1n) is 12.6. The zero-order valence-electron chi connectivity index (χ0n) is 21.7. The van der Waals surface area contributed by atoms with E-state index in [4.69, 9.17) is 14.2 Å². The van der Waals surface area contributed by atoms with Crippen LogP contribution in [-0.4, -0.2) is 33.4 Å². The first-order chi connectivity index (χ1) is 20.1. The van der Waals surface area contributed by atoms with Gasteiger partial charge in [0.2, 0.25) is 11.0 Å². The van der Waals surface area contributed by atoms with E-state index in [0.29, 0.717) is 33.4 Å². The summed E-state index contributed by atoms with van der Waals surface area (Å²) in [4.78, 5) is 30.4. The third kappa shape index (κ3) is 5.59. The van der Waals surface area contributed by atoms with E-state index in [0.717, 1.165) is 11.3 Å². The highest BCUT2D eigenvalue weighted by Crippen LogP contribution is 2.41. The molecule has 0 saturated heterocycles. The molecule has 2 heterocycles. The van der Waals surface area contributed by atoms with Gasteiger partial charge in [-0.2, -0.15) is 4.98 Å². The number of rotatable bonds is 6. The lowest BCUT2D eigenvalue weighted by molar-refractivity contribution is 0.0682. The fourth-order valence-electron chi connectivity index (χ4n) is 4.20. The van der Waals surface area contributed by atoms with E-state index in [-0.39, 0.29) is 11.5 Å². The van der Waals surface area contributed by atoms with Gasteiger partial charge in [0.05, 0.1) is 11.1 Å². The van der Waals surface area contributed by atoms with Crippen molar-refractivity contribution in [1.29, 1.82) is 0 Å². The Morgan fingerprint density at radius 2 is 1.41 bits per heavy atom. The first kappa shape index (κ1) is 26.0. The summed E-state index contributed by atoms with van der Waals surface area (Å²) in [5.74, 6) is -0.764. The monoisotopic (exact) mass is 562 g/mol. The average molecular weight is 563 g/mol.